The Bertz CT molecular complexity index is 866. The van der Waals surface area contributed by atoms with Crippen LogP contribution in [0, 0.1) is 11.8 Å². The summed E-state index contributed by atoms with van der Waals surface area (Å²) in [4.78, 5) is 26.3. The van der Waals surface area contributed by atoms with Gasteiger partial charge in [0.2, 0.25) is 0 Å². The molecule has 1 saturated heterocycles. The van der Waals surface area contributed by atoms with Crippen molar-refractivity contribution in [2.24, 2.45) is 11.8 Å². The van der Waals surface area contributed by atoms with Crippen molar-refractivity contribution in [2.75, 3.05) is 33.4 Å². The topological polar surface area (TPSA) is 111 Å². The van der Waals surface area contributed by atoms with Crippen LogP contribution in [0.15, 0.2) is 24.3 Å². The van der Waals surface area contributed by atoms with Crippen molar-refractivity contribution in [1.82, 2.24) is 15.5 Å². The molecule has 3 amide bonds. The fourth-order valence-corrected chi connectivity index (χ4v) is 6.24. The Hall–Kier alpha value is -2.03. The number of benzene rings is 1. The maximum atomic E-state index is 13.2. The lowest BCUT2D eigenvalue weighted by Gasteiger charge is -2.43. The monoisotopic (exact) mass is 537 g/mol. The predicted octanol–water partition coefficient (Wildman–Crippen LogP) is 5.37. The molecule has 2 aliphatic rings. The number of carboxylic acid groups (broad SMARTS) is 1. The van der Waals surface area contributed by atoms with Crippen LogP contribution in [-0.2, 0) is 10.3 Å². The third-order valence-corrected chi connectivity index (χ3v) is 8.27. The van der Waals surface area contributed by atoms with Crippen LogP contribution in [0.25, 0.3) is 0 Å². The van der Waals surface area contributed by atoms with E-state index >= 15 is 0 Å². The van der Waals surface area contributed by atoms with Crippen molar-refractivity contribution in [3.05, 3.63) is 34.9 Å². The quantitative estimate of drug-likeness (QED) is 0.268. The highest BCUT2D eigenvalue weighted by Gasteiger charge is 2.41. The van der Waals surface area contributed by atoms with E-state index in [4.69, 9.17) is 16.3 Å². The first-order chi connectivity index (χ1) is 17.8. The number of carbonyl (C=O) groups excluding carboxylic acids is 1. The molecule has 0 aromatic heterocycles. The van der Waals surface area contributed by atoms with Crippen LogP contribution in [-0.4, -0.2) is 66.6 Å². The summed E-state index contributed by atoms with van der Waals surface area (Å²) in [6.45, 7) is 1.94. The highest BCUT2D eigenvalue weighted by atomic mass is 35.5. The van der Waals surface area contributed by atoms with E-state index in [-0.39, 0.29) is 24.5 Å². The molecule has 0 radical (unpaired) electrons. The summed E-state index contributed by atoms with van der Waals surface area (Å²) in [5.41, 5.74) is -0.325. The molecule has 4 N–H and O–H groups in total. The molecule has 37 heavy (non-hydrogen) atoms. The van der Waals surface area contributed by atoms with Crippen molar-refractivity contribution in [3.8, 4) is 0 Å². The number of hydrogen-bond acceptors (Lipinski definition) is 4. The van der Waals surface area contributed by atoms with Crippen LogP contribution in [0.5, 0.6) is 0 Å². The van der Waals surface area contributed by atoms with Gasteiger partial charge in [-0.2, -0.15) is 0 Å². The minimum Gasteiger partial charge on any atom is -0.465 e. The molecule has 0 bridgehead atoms. The second kappa shape index (κ2) is 14.8. The highest BCUT2D eigenvalue weighted by Crippen LogP contribution is 2.40. The Kier molecular flexibility index (Phi) is 11.8. The lowest BCUT2D eigenvalue weighted by molar-refractivity contribution is -0.0563. The Morgan fingerprint density at radius 2 is 1.97 bits per heavy atom. The first-order valence-corrected chi connectivity index (χ1v) is 14.2. The van der Waals surface area contributed by atoms with Gasteiger partial charge in [0.25, 0.3) is 0 Å². The normalized spacial score (nSPS) is 21.2. The number of ether oxygens (including phenoxy) is 1. The number of likely N-dealkylation sites (tertiary alicyclic amines) is 1. The van der Waals surface area contributed by atoms with E-state index in [1.54, 1.807) is 18.1 Å². The number of piperidine rings is 1. The number of carbonyl (C=O) groups is 2. The fraction of sp³-hybridized carbons (Fsp3) is 0.714. The van der Waals surface area contributed by atoms with Crippen molar-refractivity contribution in [2.45, 2.75) is 82.3 Å². The molecule has 3 atom stereocenters. The molecular weight excluding hydrogens is 494 g/mol. The molecule has 1 heterocycles. The van der Waals surface area contributed by atoms with Crippen molar-refractivity contribution < 1.29 is 24.5 Å². The molecular formula is C28H44ClN3O5. The molecule has 208 valence electrons. The third kappa shape index (κ3) is 9.04. The smallest absolute Gasteiger partial charge is 0.404 e. The van der Waals surface area contributed by atoms with Gasteiger partial charge in [-0.15, -0.1) is 0 Å². The van der Waals surface area contributed by atoms with Gasteiger partial charge in [0, 0.05) is 50.3 Å². The van der Waals surface area contributed by atoms with Gasteiger partial charge in [-0.05, 0) is 62.1 Å². The van der Waals surface area contributed by atoms with Crippen molar-refractivity contribution >= 4 is 23.7 Å². The number of hydrogen-bond donors (Lipinski definition) is 4. The molecule has 2 fully saturated rings. The van der Waals surface area contributed by atoms with Crippen LogP contribution in [0.1, 0.15) is 76.2 Å². The maximum Gasteiger partial charge on any atom is 0.404 e. The van der Waals surface area contributed by atoms with E-state index in [2.05, 4.69) is 10.6 Å². The van der Waals surface area contributed by atoms with Gasteiger partial charge in [0.15, 0.2) is 0 Å². The minimum atomic E-state index is -1.11. The predicted molar refractivity (Wildman–Crippen MR) is 145 cm³/mol. The Morgan fingerprint density at radius 1 is 1.19 bits per heavy atom. The van der Waals surface area contributed by atoms with Gasteiger partial charge in [0.1, 0.15) is 0 Å². The van der Waals surface area contributed by atoms with Gasteiger partial charge in [-0.1, -0.05) is 55.8 Å². The number of nitrogens with zero attached hydrogens (tertiary/aromatic N) is 1. The van der Waals surface area contributed by atoms with Gasteiger partial charge in [-0.25, -0.2) is 9.59 Å². The standard InChI is InChI=1S/C28H44ClN3O5/c1-37-16-6-5-14-28(36,22-11-7-13-24(29)18-22)23-12-8-15-32(20-23)26(33)30-19-25(31-27(34)35)17-21-9-3-2-4-10-21/h7,11,13,18,21,23,25,31,36H,2-6,8-10,12,14-17,19-20H2,1H3,(H,30,33)(H,34,35)/t23-,25+,28-/m1/s1. The molecule has 1 aromatic rings. The molecule has 1 aliphatic carbocycles. The lowest BCUT2D eigenvalue weighted by atomic mass is 9.74. The summed E-state index contributed by atoms with van der Waals surface area (Å²) in [6.07, 6.45) is 9.33. The fourth-order valence-electron chi connectivity index (χ4n) is 6.05. The van der Waals surface area contributed by atoms with Gasteiger partial charge in [-0.3, -0.25) is 0 Å². The first-order valence-electron chi connectivity index (χ1n) is 13.8. The van der Waals surface area contributed by atoms with Gasteiger partial charge < -0.3 is 30.5 Å². The summed E-state index contributed by atoms with van der Waals surface area (Å²) in [6, 6.07) is 6.87. The number of halogens is 1. The summed E-state index contributed by atoms with van der Waals surface area (Å²) < 4.78 is 5.19. The Morgan fingerprint density at radius 3 is 2.68 bits per heavy atom. The SMILES string of the molecule is COCCCC[C@@](O)(c1cccc(Cl)c1)[C@@H]1CCCN(C(=O)NC[C@H](CC2CCCCC2)NC(=O)O)C1. The largest absolute Gasteiger partial charge is 0.465 e. The summed E-state index contributed by atoms with van der Waals surface area (Å²) in [5.74, 6) is 0.357. The van der Waals surface area contributed by atoms with Gasteiger partial charge >= 0.3 is 12.1 Å². The number of rotatable bonds is 12. The molecule has 3 rings (SSSR count). The molecule has 1 saturated carbocycles. The first kappa shape index (κ1) is 29.5. The molecule has 1 aliphatic heterocycles. The zero-order valence-corrected chi connectivity index (χ0v) is 22.8. The van der Waals surface area contributed by atoms with Crippen LogP contribution < -0.4 is 10.6 Å². The zero-order valence-electron chi connectivity index (χ0n) is 22.1. The van der Waals surface area contributed by atoms with Crippen LogP contribution in [0.3, 0.4) is 0 Å². The van der Waals surface area contributed by atoms with Crippen molar-refractivity contribution in [1.29, 1.82) is 0 Å². The van der Waals surface area contributed by atoms with Crippen molar-refractivity contribution in [3.63, 3.8) is 0 Å². The second-order valence-electron chi connectivity index (χ2n) is 10.7. The molecule has 0 spiro atoms. The third-order valence-electron chi connectivity index (χ3n) is 8.03. The number of unbranched alkanes of at least 4 members (excludes halogenated alkanes) is 1. The Balaban J connectivity index is 1.64. The second-order valence-corrected chi connectivity index (χ2v) is 11.2. The average Bonchev–Trinajstić information content (AvgIpc) is 2.90. The van der Waals surface area contributed by atoms with Crippen LogP contribution >= 0.6 is 11.6 Å². The highest BCUT2D eigenvalue weighted by molar-refractivity contribution is 6.30. The maximum absolute atomic E-state index is 13.2. The number of aliphatic hydroxyl groups is 1. The summed E-state index contributed by atoms with van der Waals surface area (Å²) >= 11 is 6.28. The lowest BCUT2D eigenvalue weighted by Crippen LogP contribution is -2.53. The van der Waals surface area contributed by atoms with E-state index in [1.807, 2.05) is 18.2 Å². The Labute approximate surface area is 226 Å². The molecule has 0 unspecified atom stereocenters. The number of urea groups is 1. The van der Waals surface area contributed by atoms with E-state index in [9.17, 15) is 19.8 Å². The van der Waals surface area contributed by atoms with Crippen LogP contribution in [0.4, 0.5) is 9.59 Å². The molecule has 8 nitrogen and oxygen atoms in total. The number of methoxy groups -OCH3 is 1. The zero-order chi connectivity index (χ0) is 26.7. The van der Waals surface area contributed by atoms with E-state index < -0.39 is 11.7 Å². The summed E-state index contributed by atoms with van der Waals surface area (Å²) in [5, 5.41) is 27.4. The summed E-state index contributed by atoms with van der Waals surface area (Å²) in [7, 11) is 1.67. The average molecular weight is 538 g/mol. The van der Waals surface area contributed by atoms with Crippen LogP contribution in [0.2, 0.25) is 5.02 Å². The minimum absolute atomic E-state index is 0.136. The molecule has 1 aromatic carbocycles. The number of amides is 3. The van der Waals surface area contributed by atoms with Gasteiger partial charge in [0.05, 0.1) is 5.60 Å². The molecule has 9 heteroatoms. The van der Waals surface area contributed by atoms with E-state index in [1.165, 1.54) is 19.3 Å². The number of nitrogens with one attached hydrogen (secondary N) is 2. The van der Waals surface area contributed by atoms with E-state index in [0.717, 1.165) is 50.5 Å². The van der Waals surface area contributed by atoms with E-state index in [0.29, 0.717) is 37.1 Å².